The second-order valence-corrected chi connectivity index (χ2v) is 3.20. The van der Waals surface area contributed by atoms with Gasteiger partial charge < -0.3 is 10.7 Å². The zero-order chi connectivity index (χ0) is 9.26. The van der Waals surface area contributed by atoms with Gasteiger partial charge in [-0.05, 0) is 30.7 Å². The van der Waals surface area contributed by atoms with E-state index in [4.69, 9.17) is 5.73 Å². The number of H-pyrrole nitrogens is 1. The summed E-state index contributed by atoms with van der Waals surface area (Å²) >= 11 is 0. The lowest BCUT2D eigenvalue weighted by atomic mass is 10.1. The molecule has 2 aromatic rings. The summed E-state index contributed by atoms with van der Waals surface area (Å²) in [6.45, 7) is 2.08. The van der Waals surface area contributed by atoms with Gasteiger partial charge in [-0.25, -0.2) is 0 Å². The standard InChI is InChI=1S/C11H12N2/c1-8-3-2-4-9(7-8)10-5-6-11(12)13-10/h2-7,13H,12H2,1H3. The summed E-state index contributed by atoms with van der Waals surface area (Å²) in [4.78, 5) is 3.10. The van der Waals surface area contributed by atoms with Gasteiger partial charge in [0.05, 0.1) is 0 Å². The van der Waals surface area contributed by atoms with Crippen LogP contribution in [0.2, 0.25) is 0 Å². The molecule has 0 fully saturated rings. The van der Waals surface area contributed by atoms with Crippen LogP contribution in [-0.2, 0) is 0 Å². The second kappa shape index (κ2) is 2.98. The van der Waals surface area contributed by atoms with E-state index in [2.05, 4.69) is 30.1 Å². The third-order valence-electron chi connectivity index (χ3n) is 2.04. The van der Waals surface area contributed by atoms with Gasteiger partial charge in [-0.2, -0.15) is 0 Å². The molecule has 0 saturated carbocycles. The van der Waals surface area contributed by atoms with Crippen molar-refractivity contribution in [1.82, 2.24) is 4.98 Å². The smallest absolute Gasteiger partial charge is 0.101 e. The van der Waals surface area contributed by atoms with Gasteiger partial charge in [0.1, 0.15) is 5.82 Å². The van der Waals surface area contributed by atoms with Gasteiger partial charge in [0.25, 0.3) is 0 Å². The van der Waals surface area contributed by atoms with Gasteiger partial charge in [0.15, 0.2) is 0 Å². The minimum absolute atomic E-state index is 0.705. The Bertz CT molecular complexity index is 416. The molecule has 1 aromatic heterocycles. The number of aromatic nitrogens is 1. The highest BCUT2D eigenvalue weighted by atomic mass is 14.8. The summed E-state index contributed by atoms with van der Waals surface area (Å²) in [5, 5.41) is 0. The number of nitrogens with one attached hydrogen (secondary N) is 1. The van der Waals surface area contributed by atoms with E-state index in [0.29, 0.717) is 5.82 Å². The van der Waals surface area contributed by atoms with Crippen LogP contribution >= 0.6 is 0 Å². The van der Waals surface area contributed by atoms with Gasteiger partial charge in [-0.1, -0.05) is 23.8 Å². The summed E-state index contributed by atoms with van der Waals surface area (Å²) in [5.41, 5.74) is 9.10. The second-order valence-electron chi connectivity index (χ2n) is 3.20. The van der Waals surface area contributed by atoms with Crippen LogP contribution in [0.15, 0.2) is 36.4 Å². The van der Waals surface area contributed by atoms with Crippen molar-refractivity contribution in [2.45, 2.75) is 6.92 Å². The van der Waals surface area contributed by atoms with E-state index in [1.54, 1.807) is 0 Å². The third-order valence-corrected chi connectivity index (χ3v) is 2.04. The largest absolute Gasteiger partial charge is 0.385 e. The van der Waals surface area contributed by atoms with Crippen molar-refractivity contribution < 1.29 is 0 Å². The SMILES string of the molecule is Cc1cccc(-c2ccc(N)[nH]2)c1. The van der Waals surface area contributed by atoms with Crippen LogP contribution in [0.5, 0.6) is 0 Å². The number of hydrogen-bond donors (Lipinski definition) is 2. The Balaban J connectivity index is 2.46. The first-order chi connectivity index (χ1) is 6.25. The number of nitrogens with two attached hydrogens (primary N) is 1. The topological polar surface area (TPSA) is 41.8 Å². The van der Waals surface area contributed by atoms with Crippen LogP contribution < -0.4 is 5.73 Å². The molecule has 0 aliphatic carbocycles. The van der Waals surface area contributed by atoms with E-state index >= 15 is 0 Å². The number of nitrogen functional groups attached to an aromatic ring is 1. The van der Waals surface area contributed by atoms with Crippen LogP contribution in [0.25, 0.3) is 11.3 Å². The van der Waals surface area contributed by atoms with Crippen LogP contribution in [0.1, 0.15) is 5.56 Å². The van der Waals surface area contributed by atoms with Crippen molar-refractivity contribution in [3.63, 3.8) is 0 Å². The van der Waals surface area contributed by atoms with E-state index < -0.39 is 0 Å². The van der Waals surface area contributed by atoms with Crippen LogP contribution in [0.3, 0.4) is 0 Å². The summed E-state index contributed by atoms with van der Waals surface area (Å²) < 4.78 is 0. The third kappa shape index (κ3) is 1.56. The highest BCUT2D eigenvalue weighted by Crippen LogP contribution is 2.19. The molecule has 0 spiro atoms. The van der Waals surface area contributed by atoms with Crippen molar-refractivity contribution in [2.24, 2.45) is 0 Å². The predicted molar refractivity (Wildman–Crippen MR) is 55.4 cm³/mol. The molecule has 1 heterocycles. The molecule has 2 nitrogen and oxygen atoms in total. The number of hydrogen-bond acceptors (Lipinski definition) is 1. The molecular formula is C11H12N2. The fourth-order valence-corrected chi connectivity index (χ4v) is 1.39. The maximum atomic E-state index is 5.60. The molecule has 0 aliphatic heterocycles. The van der Waals surface area contributed by atoms with Gasteiger partial charge in [-0.3, -0.25) is 0 Å². The van der Waals surface area contributed by atoms with Gasteiger partial charge >= 0.3 is 0 Å². The highest BCUT2D eigenvalue weighted by molar-refractivity contribution is 5.62. The van der Waals surface area contributed by atoms with Crippen LogP contribution in [-0.4, -0.2) is 4.98 Å². The first kappa shape index (κ1) is 7.92. The Labute approximate surface area is 77.4 Å². The Morgan fingerprint density at radius 1 is 1.15 bits per heavy atom. The Morgan fingerprint density at radius 3 is 2.62 bits per heavy atom. The summed E-state index contributed by atoms with van der Waals surface area (Å²) in [5.74, 6) is 0.705. The average Bonchev–Trinajstić information content (AvgIpc) is 2.52. The van der Waals surface area contributed by atoms with E-state index in [9.17, 15) is 0 Å². The molecule has 0 aliphatic rings. The number of aryl methyl sites for hydroxylation is 1. The van der Waals surface area contributed by atoms with Crippen molar-refractivity contribution in [3.8, 4) is 11.3 Å². The van der Waals surface area contributed by atoms with Crippen LogP contribution in [0, 0.1) is 6.92 Å². The van der Waals surface area contributed by atoms with E-state index in [1.165, 1.54) is 11.1 Å². The minimum Gasteiger partial charge on any atom is -0.385 e. The molecule has 0 atom stereocenters. The molecule has 0 radical (unpaired) electrons. The summed E-state index contributed by atoms with van der Waals surface area (Å²) in [7, 11) is 0. The first-order valence-electron chi connectivity index (χ1n) is 4.27. The van der Waals surface area contributed by atoms with Crippen molar-refractivity contribution in [2.75, 3.05) is 5.73 Å². The fraction of sp³-hybridized carbons (Fsp3) is 0.0909. The lowest BCUT2D eigenvalue weighted by Crippen LogP contribution is -1.83. The minimum atomic E-state index is 0.705. The van der Waals surface area contributed by atoms with Crippen molar-refractivity contribution in [1.29, 1.82) is 0 Å². The zero-order valence-corrected chi connectivity index (χ0v) is 7.54. The summed E-state index contributed by atoms with van der Waals surface area (Å²) in [6.07, 6.45) is 0. The van der Waals surface area contributed by atoms with Gasteiger partial charge in [0.2, 0.25) is 0 Å². The maximum absolute atomic E-state index is 5.60. The van der Waals surface area contributed by atoms with Gasteiger partial charge in [0, 0.05) is 5.69 Å². The van der Waals surface area contributed by atoms with Gasteiger partial charge in [-0.15, -0.1) is 0 Å². The Kier molecular flexibility index (Phi) is 1.81. The number of anilines is 1. The number of aromatic amines is 1. The summed E-state index contributed by atoms with van der Waals surface area (Å²) in [6, 6.07) is 12.2. The molecule has 2 rings (SSSR count). The maximum Gasteiger partial charge on any atom is 0.101 e. The Morgan fingerprint density at radius 2 is 2.00 bits per heavy atom. The van der Waals surface area contributed by atoms with E-state index in [-0.39, 0.29) is 0 Å². The molecule has 3 N–H and O–H groups in total. The molecule has 0 saturated heterocycles. The molecule has 0 amide bonds. The lowest BCUT2D eigenvalue weighted by molar-refractivity contribution is 1.38. The first-order valence-corrected chi connectivity index (χ1v) is 4.27. The average molecular weight is 172 g/mol. The number of rotatable bonds is 1. The highest BCUT2D eigenvalue weighted by Gasteiger charge is 1.98. The van der Waals surface area contributed by atoms with Crippen LogP contribution in [0.4, 0.5) is 5.82 Å². The monoisotopic (exact) mass is 172 g/mol. The lowest BCUT2D eigenvalue weighted by Gasteiger charge is -1.98. The molecule has 66 valence electrons. The molecule has 0 bridgehead atoms. The normalized spacial score (nSPS) is 10.2. The molecule has 2 heteroatoms. The van der Waals surface area contributed by atoms with Crippen molar-refractivity contribution >= 4 is 5.82 Å². The zero-order valence-electron chi connectivity index (χ0n) is 7.54. The molecule has 1 aromatic carbocycles. The van der Waals surface area contributed by atoms with E-state index in [0.717, 1.165) is 5.69 Å². The van der Waals surface area contributed by atoms with Crippen molar-refractivity contribution in [3.05, 3.63) is 42.0 Å². The predicted octanol–water partition coefficient (Wildman–Crippen LogP) is 2.57. The Hall–Kier alpha value is -1.70. The fourth-order valence-electron chi connectivity index (χ4n) is 1.39. The molecule has 0 unspecified atom stereocenters. The molecule has 13 heavy (non-hydrogen) atoms. The molecular weight excluding hydrogens is 160 g/mol. The van der Waals surface area contributed by atoms with E-state index in [1.807, 2.05) is 18.2 Å². The quantitative estimate of drug-likeness (QED) is 0.682. The number of benzene rings is 1.